The molecule has 0 heterocycles. The number of esters is 1. The molecule has 0 fully saturated rings. The minimum absolute atomic E-state index is 0.152. The molecule has 98 valence electrons. The molecule has 4 nitrogen and oxygen atoms in total. The Morgan fingerprint density at radius 1 is 1.12 bits per heavy atom. The first-order valence-corrected chi connectivity index (χ1v) is 6.05. The number of methoxy groups -OCH3 is 1. The lowest BCUT2D eigenvalue weighted by molar-refractivity contribution is -0.137. The van der Waals surface area contributed by atoms with Gasteiger partial charge >= 0.3 is 5.97 Å². The van der Waals surface area contributed by atoms with Gasteiger partial charge in [0.2, 0.25) is 0 Å². The highest BCUT2D eigenvalue weighted by molar-refractivity contribution is 6.16. The van der Waals surface area contributed by atoms with Crippen molar-refractivity contribution in [1.82, 2.24) is 0 Å². The minimum Gasteiger partial charge on any atom is -0.511 e. The number of allylic oxidation sites excluding steroid dienone is 1. The average molecular weight is 242 g/mol. The SMILES string of the molecule is CCCCCCCC(O)=C(C(C)=O)C(=O)OC. The molecular formula is C13H22O4. The molecule has 0 saturated heterocycles. The predicted octanol–water partition coefficient (Wildman–Crippen LogP) is 2.92. The third-order valence-corrected chi connectivity index (χ3v) is 2.55. The number of Topliss-reactive ketones (excluding diaryl/α,β-unsaturated/α-hetero) is 1. The summed E-state index contributed by atoms with van der Waals surface area (Å²) in [7, 11) is 1.19. The Bertz CT molecular complexity index is 292. The first-order valence-electron chi connectivity index (χ1n) is 6.05. The highest BCUT2D eigenvalue weighted by atomic mass is 16.5. The fourth-order valence-electron chi connectivity index (χ4n) is 1.59. The quantitative estimate of drug-likeness (QED) is 0.177. The predicted molar refractivity (Wildman–Crippen MR) is 65.7 cm³/mol. The van der Waals surface area contributed by atoms with Crippen LogP contribution in [0.25, 0.3) is 0 Å². The van der Waals surface area contributed by atoms with E-state index < -0.39 is 11.8 Å². The van der Waals surface area contributed by atoms with E-state index in [1.54, 1.807) is 0 Å². The van der Waals surface area contributed by atoms with Crippen molar-refractivity contribution in [2.75, 3.05) is 7.11 Å². The van der Waals surface area contributed by atoms with Crippen LogP contribution in [0.4, 0.5) is 0 Å². The van der Waals surface area contributed by atoms with Gasteiger partial charge in [-0.2, -0.15) is 0 Å². The van der Waals surface area contributed by atoms with Gasteiger partial charge in [0.15, 0.2) is 5.78 Å². The molecule has 0 aromatic rings. The van der Waals surface area contributed by atoms with Crippen molar-refractivity contribution in [3.63, 3.8) is 0 Å². The zero-order valence-corrected chi connectivity index (χ0v) is 10.9. The van der Waals surface area contributed by atoms with E-state index in [1.165, 1.54) is 20.5 Å². The summed E-state index contributed by atoms with van der Waals surface area (Å²) in [6.45, 7) is 3.38. The van der Waals surface area contributed by atoms with Crippen LogP contribution in [-0.2, 0) is 14.3 Å². The summed E-state index contributed by atoms with van der Waals surface area (Å²) in [4.78, 5) is 22.5. The van der Waals surface area contributed by atoms with Gasteiger partial charge in [0.25, 0.3) is 0 Å². The van der Waals surface area contributed by atoms with Crippen molar-refractivity contribution in [2.45, 2.75) is 52.4 Å². The summed E-state index contributed by atoms with van der Waals surface area (Å²) in [5.41, 5.74) is -0.219. The summed E-state index contributed by atoms with van der Waals surface area (Å²) in [6, 6.07) is 0. The number of hydrogen-bond donors (Lipinski definition) is 1. The molecule has 0 rings (SSSR count). The van der Waals surface area contributed by atoms with Crippen molar-refractivity contribution in [2.24, 2.45) is 0 Å². The fourth-order valence-corrected chi connectivity index (χ4v) is 1.59. The standard InChI is InChI=1S/C13H22O4/c1-4-5-6-7-8-9-11(15)12(10(2)14)13(16)17-3/h15H,4-9H2,1-3H3. The second-order valence-corrected chi connectivity index (χ2v) is 4.03. The molecule has 0 aliphatic carbocycles. The van der Waals surface area contributed by atoms with Gasteiger partial charge in [-0.3, -0.25) is 4.79 Å². The van der Waals surface area contributed by atoms with Crippen molar-refractivity contribution in [3.05, 3.63) is 11.3 Å². The van der Waals surface area contributed by atoms with E-state index in [2.05, 4.69) is 11.7 Å². The Balaban J connectivity index is 4.32. The molecule has 0 amide bonds. The molecule has 0 aliphatic rings. The molecule has 4 heteroatoms. The molecule has 17 heavy (non-hydrogen) atoms. The highest BCUT2D eigenvalue weighted by Gasteiger charge is 2.20. The van der Waals surface area contributed by atoms with Crippen LogP contribution >= 0.6 is 0 Å². The van der Waals surface area contributed by atoms with Gasteiger partial charge in [0, 0.05) is 6.42 Å². The van der Waals surface area contributed by atoms with E-state index in [0.29, 0.717) is 6.42 Å². The Hall–Kier alpha value is -1.32. The van der Waals surface area contributed by atoms with Crippen LogP contribution in [0.15, 0.2) is 11.3 Å². The summed E-state index contributed by atoms with van der Waals surface area (Å²) >= 11 is 0. The molecule has 0 aliphatic heterocycles. The van der Waals surface area contributed by atoms with Crippen LogP contribution in [0.2, 0.25) is 0 Å². The third-order valence-electron chi connectivity index (χ3n) is 2.55. The van der Waals surface area contributed by atoms with Crippen LogP contribution in [0, 0.1) is 0 Å². The number of carbonyl (C=O) groups is 2. The second kappa shape index (κ2) is 8.79. The number of hydrogen-bond acceptors (Lipinski definition) is 4. The number of unbranched alkanes of at least 4 members (excludes halogenated alkanes) is 4. The summed E-state index contributed by atoms with van der Waals surface area (Å²) in [5.74, 6) is -1.37. The molecule has 1 N–H and O–H groups in total. The zero-order chi connectivity index (χ0) is 13.3. The van der Waals surface area contributed by atoms with Gasteiger partial charge in [-0.15, -0.1) is 0 Å². The Morgan fingerprint density at radius 2 is 1.71 bits per heavy atom. The molecule has 0 spiro atoms. The summed E-state index contributed by atoms with van der Waals surface area (Å²) in [5, 5.41) is 9.70. The van der Waals surface area contributed by atoms with Gasteiger partial charge in [0.1, 0.15) is 11.3 Å². The lowest BCUT2D eigenvalue weighted by Gasteiger charge is -2.06. The van der Waals surface area contributed by atoms with Crippen LogP contribution in [0.1, 0.15) is 52.4 Å². The van der Waals surface area contributed by atoms with Crippen molar-refractivity contribution >= 4 is 11.8 Å². The van der Waals surface area contributed by atoms with Gasteiger partial charge in [-0.1, -0.05) is 32.6 Å². The summed E-state index contributed by atoms with van der Waals surface area (Å²) in [6.07, 6.45) is 5.55. The van der Waals surface area contributed by atoms with Gasteiger partial charge in [-0.05, 0) is 13.3 Å². The van der Waals surface area contributed by atoms with Gasteiger partial charge in [0.05, 0.1) is 7.11 Å². The van der Waals surface area contributed by atoms with E-state index >= 15 is 0 Å². The normalized spacial score (nSPS) is 11.9. The Kier molecular flexibility index (Phi) is 8.11. The van der Waals surface area contributed by atoms with Gasteiger partial charge < -0.3 is 9.84 Å². The number of aliphatic hydroxyl groups is 1. The van der Waals surface area contributed by atoms with E-state index in [0.717, 1.165) is 25.7 Å². The van der Waals surface area contributed by atoms with Crippen molar-refractivity contribution < 1.29 is 19.4 Å². The molecule has 0 saturated carbocycles. The van der Waals surface area contributed by atoms with Crippen molar-refractivity contribution in [1.29, 1.82) is 0 Å². The fraction of sp³-hybridized carbons (Fsp3) is 0.692. The number of aliphatic hydroxyl groups excluding tert-OH is 1. The van der Waals surface area contributed by atoms with Crippen LogP contribution in [-0.4, -0.2) is 24.0 Å². The maximum absolute atomic E-state index is 11.3. The maximum Gasteiger partial charge on any atom is 0.344 e. The first kappa shape index (κ1) is 15.7. The van der Waals surface area contributed by atoms with E-state index in [1.807, 2.05) is 0 Å². The smallest absolute Gasteiger partial charge is 0.344 e. The lowest BCUT2D eigenvalue weighted by atomic mass is 10.1. The van der Waals surface area contributed by atoms with Crippen LogP contribution < -0.4 is 0 Å². The number of carbonyl (C=O) groups excluding carboxylic acids is 2. The molecule has 0 bridgehead atoms. The van der Waals surface area contributed by atoms with Crippen LogP contribution in [0.3, 0.4) is 0 Å². The monoisotopic (exact) mass is 242 g/mol. The Labute approximate surface area is 103 Å². The first-order chi connectivity index (χ1) is 8.04. The average Bonchev–Trinajstić information content (AvgIpc) is 2.28. The molecule has 0 unspecified atom stereocenters. The van der Waals surface area contributed by atoms with E-state index in [4.69, 9.17) is 0 Å². The lowest BCUT2D eigenvalue weighted by Crippen LogP contribution is -2.14. The number of rotatable bonds is 8. The Morgan fingerprint density at radius 3 is 2.18 bits per heavy atom. The number of ketones is 1. The van der Waals surface area contributed by atoms with Crippen LogP contribution in [0.5, 0.6) is 0 Å². The maximum atomic E-state index is 11.3. The van der Waals surface area contributed by atoms with Gasteiger partial charge in [-0.25, -0.2) is 4.79 Å². The molecule has 0 aromatic carbocycles. The number of ether oxygens (including phenoxy) is 1. The highest BCUT2D eigenvalue weighted by Crippen LogP contribution is 2.14. The van der Waals surface area contributed by atoms with E-state index in [9.17, 15) is 14.7 Å². The van der Waals surface area contributed by atoms with E-state index in [-0.39, 0.29) is 11.3 Å². The molecular weight excluding hydrogens is 220 g/mol. The molecule has 0 atom stereocenters. The third kappa shape index (κ3) is 6.09. The zero-order valence-electron chi connectivity index (χ0n) is 10.9. The minimum atomic E-state index is -0.761. The van der Waals surface area contributed by atoms with Crippen molar-refractivity contribution in [3.8, 4) is 0 Å². The molecule has 0 aromatic heterocycles. The molecule has 0 radical (unpaired) electrons. The summed E-state index contributed by atoms with van der Waals surface area (Å²) < 4.78 is 4.46. The largest absolute Gasteiger partial charge is 0.511 e. The second-order valence-electron chi connectivity index (χ2n) is 4.03. The topological polar surface area (TPSA) is 63.6 Å².